The SMILES string of the molecule is Cc1ccc(N2CCCC3CCCCC32)c(CO)c1. The fourth-order valence-corrected chi connectivity index (χ4v) is 4.05. The van der Waals surface area contributed by atoms with Crippen molar-refractivity contribution in [3.63, 3.8) is 0 Å². The molecule has 1 saturated heterocycles. The Morgan fingerprint density at radius 2 is 1.95 bits per heavy atom. The Bertz CT molecular complexity index is 441. The number of aliphatic hydroxyl groups excluding tert-OH is 1. The van der Waals surface area contributed by atoms with Gasteiger partial charge in [-0.05, 0) is 44.6 Å². The molecule has 2 heteroatoms. The van der Waals surface area contributed by atoms with Gasteiger partial charge in [0.15, 0.2) is 0 Å². The molecule has 1 saturated carbocycles. The van der Waals surface area contributed by atoms with E-state index in [9.17, 15) is 5.11 Å². The van der Waals surface area contributed by atoms with Gasteiger partial charge in [-0.25, -0.2) is 0 Å². The van der Waals surface area contributed by atoms with Crippen LogP contribution in [0.4, 0.5) is 5.69 Å². The Morgan fingerprint density at radius 1 is 1.16 bits per heavy atom. The lowest BCUT2D eigenvalue weighted by Gasteiger charge is -2.46. The van der Waals surface area contributed by atoms with E-state index in [1.54, 1.807) is 0 Å². The standard InChI is InChI=1S/C17H25NO/c1-13-8-9-17(15(11-13)12-19)18-10-4-6-14-5-2-3-7-16(14)18/h8-9,11,14,16,19H,2-7,10,12H2,1H3. The zero-order valence-electron chi connectivity index (χ0n) is 11.9. The Morgan fingerprint density at radius 3 is 2.79 bits per heavy atom. The van der Waals surface area contributed by atoms with Gasteiger partial charge >= 0.3 is 0 Å². The summed E-state index contributed by atoms with van der Waals surface area (Å²) in [4.78, 5) is 2.60. The maximum atomic E-state index is 9.64. The van der Waals surface area contributed by atoms with Gasteiger partial charge in [-0.2, -0.15) is 0 Å². The van der Waals surface area contributed by atoms with Crippen LogP contribution in [0.1, 0.15) is 49.7 Å². The predicted octanol–water partition coefficient (Wildman–Crippen LogP) is 3.65. The van der Waals surface area contributed by atoms with Gasteiger partial charge in [0.25, 0.3) is 0 Å². The molecule has 0 radical (unpaired) electrons. The van der Waals surface area contributed by atoms with Crippen molar-refractivity contribution < 1.29 is 5.11 Å². The molecule has 2 unspecified atom stereocenters. The first-order valence-corrected chi connectivity index (χ1v) is 7.76. The van der Waals surface area contributed by atoms with Crippen LogP contribution in [0.3, 0.4) is 0 Å². The average Bonchev–Trinajstić information content (AvgIpc) is 2.46. The number of nitrogens with zero attached hydrogens (tertiary/aromatic N) is 1. The summed E-state index contributed by atoms with van der Waals surface area (Å²) in [5.41, 5.74) is 3.63. The van der Waals surface area contributed by atoms with Gasteiger partial charge in [-0.15, -0.1) is 0 Å². The molecule has 2 aliphatic rings. The van der Waals surface area contributed by atoms with Crippen molar-refractivity contribution >= 4 is 5.69 Å². The van der Waals surface area contributed by atoms with Gasteiger partial charge in [0.05, 0.1) is 6.61 Å². The van der Waals surface area contributed by atoms with Crippen LogP contribution in [-0.2, 0) is 6.61 Å². The zero-order valence-corrected chi connectivity index (χ0v) is 11.9. The molecule has 0 aromatic heterocycles. The minimum Gasteiger partial charge on any atom is -0.392 e. The number of piperidine rings is 1. The van der Waals surface area contributed by atoms with Crippen molar-refractivity contribution in [2.75, 3.05) is 11.4 Å². The molecule has 2 fully saturated rings. The van der Waals surface area contributed by atoms with E-state index in [4.69, 9.17) is 0 Å². The van der Waals surface area contributed by atoms with Gasteiger partial charge < -0.3 is 10.0 Å². The molecule has 1 aliphatic carbocycles. The van der Waals surface area contributed by atoms with E-state index >= 15 is 0 Å². The van der Waals surface area contributed by atoms with Gasteiger partial charge in [-0.1, -0.05) is 30.5 Å². The number of rotatable bonds is 2. The second kappa shape index (κ2) is 5.54. The summed E-state index contributed by atoms with van der Waals surface area (Å²) in [6, 6.07) is 7.26. The molecule has 3 rings (SSSR count). The average molecular weight is 259 g/mol. The Labute approximate surface area is 116 Å². The number of anilines is 1. The maximum Gasteiger partial charge on any atom is 0.0702 e. The minimum atomic E-state index is 0.158. The van der Waals surface area contributed by atoms with Crippen molar-refractivity contribution in [3.8, 4) is 0 Å². The van der Waals surface area contributed by atoms with Crippen molar-refractivity contribution in [2.24, 2.45) is 5.92 Å². The molecule has 0 spiro atoms. The highest BCUT2D eigenvalue weighted by Crippen LogP contribution is 2.38. The molecule has 1 heterocycles. The third kappa shape index (κ3) is 2.51. The fourth-order valence-electron chi connectivity index (χ4n) is 4.05. The lowest BCUT2D eigenvalue weighted by atomic mass is 9.78. The van der Waals surface area contributed by atoms with Crippen LogP contribution >= 0.6 is 0 Å². The first kappa shape index (κ1) is 13.0. The monoisotopic (exact) mass is 259 g/mol. The molecule has 2 atom stereocenters. The van der Waals surface area contributed by atoms with Crippen molar-refractivity contribution in [2.45, 2.75) is 58.1 Å². The quantitative estimate of drug-likeness (QED) is 0.876. The van der Waals surface area contributed by atoms with E-state index < -0.39 is 0 Å². The van der Waals surface area contributed by atoms with Crippen LogP contribution in [0.25, 0.3) is 0 Å². The summed E-state index contributed by atoms with van der Waals surface area (Å²) in [7, 11) is 0. The highest BCUT2D eigenvalue weighted by Gasteiger charge is 2.33. The molecular weight excluding hydrogens is 234 g/mol. The van der Waals surface area contributed by atoms with E-state index in [1.165, 1.54) is 49.8 Å². The Kier molecular flexibility index (Phi) is 3.79. The smallest absolute Gasteiger partial charge is 0.0702 e. The number of hydrogen-bond donors (Lipinski definition) is 1. The second-order valence-electron chi connectivity index (χ2n) is 6.24. The van der Waals surface area contributed by atoms with Gasteiger partial charge in [0, 0.05) is 23.8 Å². The summed E-state index contributed by atoms with van der Waals surface area (Å²) in [6.45, 7) is 3.42. The van der Waals surface area contributed by atoms with Crippen LogP contribution in [0.2, 0.25) is 0 Å². The first-order valence-electron chi connectivity index (χ1n) is 7.76. The molecule has 0 bridgehead atoms. The maximum absolute atomic E-state index is 9.64. The molecule has 0 amide bonds. The topological polar surface area (TPSA) is 23.5 Å². The van der Waals surface area contributed by atoms with Gasteiger partial charge in [0.1, 0.15) is 0 Å². The van der Waals surface area contributed by atoms with Crippen LogP contribution in [0.5, 0.6) is 0 Å². The molecule has 1 aromatic carbocycles. The normalized spacial score (nSPS) is 27.2. The highest BCUT2D eigenvalue weighted by atomic mass is 16.3. The van der Waals surface area contributed by atoms with Crippen molar-refractivity contribution in [1.82, 2.24) is 0 Å². The summed E-state index contributed by atoms with van der Waals surface area (Å²) in [5, 5.41) is 9.64. The second-order valence-corrected chi connectivity index (χ2v) is 6.24. The van der Waals surface area contributed by atoms with Gasteiger partial charge in [-0.3, -0.25) is 0 Å². The first-order chi connectivity index (χ1) is 9.29. The van der Waals surface area contributed by atoms with Crippen LogP contribution < -0.4 is 4.90 Å². The number of benzene rings is 1. The highest BCUT2D eigenvalue weighted by molar-refractivity contribution is 5.56. The van der Waals surface area contributed by atoms with Gasteiger partial charge in [0.2, 0.25) is 0 Å². The molecule has 104 valence electrons. The zero-order chi connectivity index (χ0) is 13.2. The third-order valence-electron chi connectivity index (χ3n) is 4.96. The molecule has 19 heavy (non-hydrogen) atoms. The van der Waals surface area contributed by atoms with E-state index in [-0.39, 0.29) is 6.61 Å². The molecule has 1 aliphatic heterocycles. The van der Waals surface area contributed by atoms with Crippen molar-refractivity contribution in [3.05, 3.63) is 29.3 Å². The van der Waals surface area contributed by atoms with Crippen LogP contribution in [-0.4, -0.2) is 17.7 Å². The lowest BCUT2D eigenvalue weighted by molar-refractivity contribution is 0.241. The minimum absolute atomic E-state index is 0.158. The predicted molar refractivity (Wildman–Crippen MR) is 79.4 cm³/mol. The summed E-state index contributed by atoms with van der Waals surface area (Å²) >= 11 is 0. The number of fused-ring (bicyclic) bond motifs is 1. The fraction of sp³-hybridized carbons (Fsp3) is 0.647. The molecule has 2 nitrogen and oxygen atoms in total. The summed E-state index contributed by atoms with van der Waals surface area (Å²) < 4.78 is 0. The Balaban J connectivity index is 1.91. The van der Waals surface area contributed by atoms with E-state index in [2.05, 4.69) is 30.0 Å². The number of hydrogen-bond acceptors (Lipinski definition) is 2. The van der Waals surface area contributed by atoms with Crippen LogP contribution in [0.15, 0.2) is 18.2 Å². The largest absolute Gasteiger partial charge is 0.392 e. The number of aliphatic hydroxyl groups is 1. The van der Waals surface area contributed by atoms with E-state index in [1.807, 2.05) is 0 Å². The van der Waals surface area contributed by atoms with E-state index in [0.717, 1.165) is 24.1 Å². The third-order valence-corrected chi connectivity index (χ3v) is 4.96. The lowest BCUT2D eigenvalue weighted by Crippen LogP contribution is -2.47. The molecular formula is C17H25NO. The van der Waals surface area contributed by atoms with E-state index in [0.29, 0.717) is 0 Å². The Hall–Kier alpha value is -1.02. The number of aryl methyl sites for hydroxylation is 1. The van der Waals surface area contributed by atoms with Crippen LogP contribution in [0, 0.1) is 12.8 Å². The molecule has 1 N–H and O–H groups in total. The molecule has 1 aromatic rings. The summed E-state index contributed by atoms with van der Waals surface area (Å²) in [5.74, 6) is 0.885. The van der Waals surface area contributed by atoms with Crippen molar-refractivity contribution in [1.29, 1.82) is 0 Å². The summed E-state index contributed by atoms with van der Waals surface area (Å²) in [6.07, 6.45) is 8.24.